The van der Waals surface area contributed by atoms with Crippen molar-refractivity contribution in [3.05, 3.63) is 41.4 Å². The zero-order valence-electron chi connectivity index (χ0n) is 12.2. The first-order valence-corrected chi connectivity index (χ1v) is 8.10. The number of halogens is 2. The molecule has 0 atom stereocenters. The Morgan fingerprint density at radius 1 is 1.61 bits per heavy atom. The fourth-order valence-corrected chi connectivity index (χ4v) is 2.18. The lowest BCUT2D eigenvalue weighted by atomic mass is 10.3. The van der Waals surface area contributed by atoms with Crippen molar-refractivity contribution >= 4 is 34.2 Å². The first-order valence-electron chi connectivity index (χ1n) is 6.50. The first kappa shape index (κ1) is 17.1. The molecule has 0 aliphatic carbocycles. The number of hydrogen-bond donors (Lipinski definition) is 1. The lowest BCUT2D eigenvalue weighted by molar-refractivity contribution is 0.278. The van der Waals surface area contributed by atoms with Crippen LogP contribution in [0.4, 0.5) is 10.1 Å². The van der Waals surface area contributed by atoms with Crippen molar-refractivity contribution in [1.82, 2.24) is 15.1 Å². The van der Waals surface area contributed by atoms with Crippen molar-refractivity contribution in [2.24, 2.45) is 4.99 Å². The van der Waals surface area contributed by atoms with Crippen LogP contribution in [0.2, 0.25) is 5.02 Å². The molecule has 0 amide bonds. The maximum absolute atomic E-state index is 14.0. The van der Waals surface area contributed by atoms with E-state index in [1.807, 2.05) is 0 Å². The number of thioether (sulfide) groups is 1. The largest absolute Gasteiger partial charge is 0.489 e. The lowest BCUT2D eigenvalue weighted by Crippen LogP contribution is -2.12. The van der Waals surface area contributed by atoms with Crippen LogP contribution in [0.1, 0.15) is 0 Å². The molecule has 0 aliphatic heterocycles. The number of benzene rings is 1. The molecule has 0 saturated heterocycles. The van der Waals surface area contributed by atoms with Crippen LogP contribution in [0, 0.1) is 17.3 Å². The van der Waals surface area contributed by atoms with Gasteiger partial charge in [-0.15, -0.1) is 0 Å². The molecule has 0 bridgehead atoms. The maximum atomic E-state index is 14.0. The quantitative estimate of drug-likeness (QED) is 0.387. The van der Waals surface area contributed by atoms with Gasteiger partial charge in [-0.1, -0.05) is 23.4 Å². The van der Waals surface area contributed by atoms with E-state index in [4.69, 9.17) is 21.6 Å². The number of nitriles is 1. The molecule has 6 nitrogen and oxygen atoms in total. The molecule has 0 fully saturated rings. The van der Waals surface area contributed by atoms with Gasteiger partial charge in [0, 0.05) is 12.3 Å². The Hall–Kier alpha value is -2.24. The third-order valence-electron chi connectivity index (χ3n) is 2.68. The van der Waals surface area contributed by atoms with Gasteiger partial charge < -0.3 is 4.74 Å². The average molecular weight is 354 g/mol. The Labute approximate surface area is 141 Å². The summed E-state index contributed by atoms with van der Waals surface area (Å²) in [6.45, 7) is 0.707. The van der Waals surface area contributed by atoms with Gasteiger partial charge in [0.15, 0.2) is 22.9 Å². The number of rotatable bonds is 5. The van der Waals surface area contributed by atoms with E-state index in [1.54, 1.807) is 29.4 Å². The minimum Gasteiger partial charge on any atom is -0.489 e. The summed E-state index contributed by atoms with van der Waals surface area (Å²) in [6, 6.07) is 4.35. The van der Waals surface area contributed by atoms with Gasteiger partial charge in [-0.2, -0.15) is 10.4 Å². The van der Waals surface area contributed by atoms with Crippen molar-refractivity contribution in [2.75, 3.05) is 12.9 Å². The highest BCUT2D eigenvalue weighted by Gasteiger charge is 2.06. The summed E-state index contributed by atoms with van der Waals surface area (Å²) in [5.74, 6) is -0.400. The van der Waals surface area contributed by atoms with Crippen LogP contribution in [0.3, 0.4) is 0 Å². The van der Waals surface area contributed by atoms with Crippen molar-refractivity contribution in [2.45, 2.75) is 6.54 Å². The number of nitrogens with zero attached hydrogens (tertiary/aromatic N) is 4. The Kier molecular flexibility index (Phi) is 6.26. The minimum absolute atomic E-state index is 0.126. The highest BCUT2D eigenvalue weighted by molar-refractivity contribution is 8.13. The fourth-order valence-electron chi connectivity index (χ4n) is 1.68. The van der Waals surface area contributed by atoms with Gasteiger partial charge in [-0.3, -0.25) is 10.00 Å². The van der Waals surface area contributed by atoms with Crippen LogP contribution in [0.5, 0.6) is 5.75 Å². The van der Waals surface area contributed by atoms with Crippen LogP contribution in [-0.4, -0.2) is 27.8 Å². The molecule has 1 N–H and O–H groups in total. The Bertz CT molecular complexity index is 743. The summed E-state index contributed by atoms with van der Waals surface area (Å²) < 4.78 is 21.0. The number of nitrogens with one attached hydrogen (secondary N) is 1. The second-order valence-electron chi connectivity index (χ2n) is 4.24. The van der Waals surface area contributed by atoms with Gasteiger partial charge in [-0.05, 0) is 18.4 Å². The molecule has 1 heterocycles. The van der Waals surface area contributed by atoms with E-state index >= 15 is 0 Å². The zero-order valence-corrected chi connectivity index (χ0v) is 13.7. The van der Waals surface area contributed by atoms with Gasteiger partial charge in [0.1, 0.15) is 6.61 Å². The Balaban J connectivity index is 1.97. The normalized spacial score (nSPS) is 11.1. The molecule has 0 saturated carbocycles. The standard InChI is InChI=1S/C14H13ClFN5OS/c1-23-14(18-9-17)20-11-2-3-13(12(16)6-11)22-5-4-21-8-10(15)7-19-21/h2-3,6-8H,4-5H2,1H3,(H,18,20). The number of aliphatic imine (C=N–C) groups is 1. The van der Waals surface area contributed by atoms with Crippen LogP contribution in [-0.2, 0) is 6.54 Å². The third kappa shape index (κ3) is 5.16. The highest BCUT2D eigenvalue weighted by Crippen LogP contribution is 2.23. The maximum Gasteiger partial charge on any atom is 0.183 e. The number of amidine groups is 1. The molecule has 1 aromatic heterocycles. The number of aromatic nitrogens is 2. The Morgan fingerprint density at radius 2 is 2.43 bits per heavy atom. The molecule has 120 valence electrons. The summed E-state index contributed by atoms with van der Waals surface area (Å²) in [5, 5.41) is 15.9. The van der Waals surface area contributed by atoms with Crippen LogP contribution in [0.25, 0.3) is 0 Å². The summed E-state index contributed by atoms with van der Waals surface area (Å²) >= 11 is 7.01. The molecular formula is C14H13ClFN5OS. The zero-order chi connectivity index (χ0) is 16.7. The molecule has 0 aliphatic rings. The molecule has 0 radical (unpaired) electrons. The number of ether oxygens (including phenoxy) is 1. The molecule has 0 unspecified atom stereocenters. The second-order valence-corrected chi connectivity index (χ2v) is 5.47. The molecule has 0 spiro atoms. The van der Waals surface area contributed by atoms with Crippen molar-refractivity contribution in [1.29, 1.82) is 5.26 Å². The monoisotopic (exact) mass is 353 g/mol. The SMILES string of the molecule is CSC(=Nc1ccc(OCCn2cc(Cl)cn2)c(F)c1)NC#N. The van der Waals surface area contributed by atoms with Gasteiger partial charge in [0.25, 0.3) is 0 Å². The van der Waals surface area contributed by atoms with Gasteiger partial charge >= 0.3 is 0 Å². The molecular weight excluding hydrogens is 341 g/mol. The van der Waals surface area contributed by atoms with Gasteiger partial charge in [0.05, 0.1) is 23.5 Å². The van der Waals surface area contributed by atoms with E-state index in [0.717, 1.165) is 0 Å². The smallest absolute Gasteiger partial charge is 0.183 e. The third-order valence-corrected chi connectivity index (χ3v) is 3.46. The van der Waals surface area contributed by atoms with E-state index in [2.05, 4.69) is 15.4 Å². The minimum atomic E-state index is -0.526. The van der Waals surface area contributed by atoms with Crippen molar-refractivity contribution < 1.29 is 9.13 Å². The second kappa shape index (κ2) is 8.41. The lowest BCUT2D eigenvalue weighted by Gasteiger charge is -2.08. The predicted molar refractivity (Wildman–Crippen MR) is 88.5 cm³/mol. The highest BCUT2D eigenvalue weighted by atomic mass is 35.5. The average Bonchev–Trinajstić information content (AvgIpc) is 2.94. The molecule has 2 aromatic rings. The van der Waals surface area contributed by atoms with E-state index in [9.17, 15) is 4.39 Å². The summed E-state index contributed by atoms with van der Waals surface area (Å²) in [6.07, 6.45) is 6.71. The van der Waals surface area contributed by atoms with Crippen LogP contribution in [0.15, 0.2) is 35.6 Å². The van der Waals surface area contributed by atoms with E-state index in [1.165, 1.54) is 30.1 Å². The van der Waals surface area contributed by atoms with E-state index in [-0.39, 0.29) is 12.4 Å². The van der Waals surface area contributed by atoms with E-state index in [0.29, 0.717) is 22.4 Å². The molecule has 1 aromatic carbocycles. The van der Waals surface area contributed by atoms with E-state index < -0.39 is 5.82 Å². The Morgan fingerprint density at radius 3 is 3.04 bits per heavy atom. The van der Waals surface area contributed by atoms with Crippen LogP contribution >= 0.6 is 23.4 Å². The number of hydrogen-bond acceptors (Lipinski definition) is 5. The fraction of sp³-hybridized carbons (Fsp3) is 0.214. The molecule has 23 heavy (non-hydrogen) atoms. The van der Waals surface area contributed by atoms with Gasteiger partial charge in [0.2, 0.25) is 0 Å². The van der Waals surface area contributed by atoms with Crippen molar-refractivity contribution in [3.63, 3.8) is 0 Å². The van der Waals surface area contributed by atoms with Crippen LogP contribution < -0.4 is 10.1 Å². The van der Waals surface area contributed by atoms with Crippen molar-refractivity contribution in [3.8, 4) is 11.9 Å². The predicted octanol–water partition coefficient (Wildman–Crippen LogP) is 3.18. The van der Waals surface area contributed by atoms with Gasteiger partial charge in [-0.25, -0.2) is 9.38 Å². The topological polar surface area (TPSA) is 75.2 Å². The summed E-state index contributed by atoms with van der Waals surface area (Å²) in [4.78, 5) is 4.12. The molecule has 2 rings (SSSR count). The first-order chi connectivity index (χ1) is 11.1. The summed E-state index contributed by atoms with van der Waals surface area (Å²) in [7, 11) is 0. The molecule has 9 heteroatoms. The summed E-state index contributed by atoms with van der Waals surface area (Å²) in [5.41, 5.74) is 0.390.